The number of aromatic carboxylic acids is 1. The molecule has 0 saturated heterocycles. The van der Waals surface area contributed by atoms with Crippen LogP contribution in [0.15, 0.2) is 36.7 Å². The molecule has 0 aliphatic heterocycles. The molecule has 0 unspecified atom stereocenters. The molecular formula is C13H12N2O3. The molecule has 0 aliphatic carbocycles. The third-order valence-corrected chi connectivity index (χ3v) is 2.40. The molecule has 1 heterocycles. The Bertz CT molecular complexity index is 608. The van der Waals surface area contributed by atoms with Gasteiger partial charge < -0.3 is 9.84 Å². The van der Waals surface area contributed by atoms with E-state index in [1.165, 1.54) is 18.5 Å². The zero-order valence-corrected chi connectivity index (χ0v) is 9.83. The zero-order chi connectivity index (χ0) is 13.0. The minimum Gasteiger partial charge on any atom is -0.478 e. The van der Waals surface area contributed by atoms with E-state index < -0.39 is 5.97 Å². The first-order valence-electron chi connectivity index (χ1n) is 5.44. The normalized spacial score (nSPS) is 10.9. The quantitative estimate of drug-likeness (QED) is 0.835. The fraction of sp³-hybridized carbons (Fsp3) is 0.154. The first kappa shape index (κ1) is 12.0. The van der Waals surface area contributed by atoms with E-state index in [9.17, 15) is 4.79 Å². The number of nitrogens with zero attached hydrogens (tertiary/aromatic N) is 2. The lowest BCUT2D eigenvalue weighted by Gasteiger charge is -2.05. The van der Waals surface area contributed by atoms with E-state index in [4.69, 9.17) is 9.84 Å². The Kier molecular flexibility index (Phi) is 3.52. The van der Waals surface area contributed by atoms with Gasteiger partial charge in [0.25, 0.3) is 0 Å². The molecule has 5 heteroatoms. The molecule has 0 amide bonds. The summed E-state index contributed by atoms with van der Waals surface area (Å²) in [6.07, 6.45) is 5.10. The minimum atomic E-state index is -0.980. The summed E-state index contributed by atoms with van der Waals surface area (Å²) >= 11 is 0. The summed E-state index contributed by atoms with van der Waals surface area (Å²) in [4.78, 5) is 18.9. The monoisotopic (exact) mass is 244 g/mol. The molecule has 1 N–H and O–H groups in total. The molecule has 0 atom stereocenters. The van der Waals surface area contributed by atoms with Crippen LogP contribution in [0.2, 0.25) is 0 Å². The van der Waals surface area contributed by atoms with Gasteiger partial charge in [0.05, 0.1) is 16.5 Å². The molecule has 0 radical (unpaired) electrons. The van der Waals surface area contributed by atoms with Crippen LogP contribution in [0.1, 0.15) is 17.3 Å². The molecule has 18 heavy (non-hydrogen) atoms. The third-order valence-electron chi connectivity index (χ3n) is 2.40. The Balaban J connectivity index is 2.40. The Labute approximate surface area is 104 Å². The van der Waals surface area contributed by atoms with Gasteiger partial charge in [-0.1, -0.05) is 12.2 Å². The van der Waals surface area contributed by atoms with E-state index in [2.05, 4.69) is 9.97 Å². The highest BCUT2D eigenvalue weighted by atomic mass is 16.5. The van der Waals surface area contributed by atoms with Crippen molar-refractivity contribution in [2.45, 2.75) is 6.92 Å². The van der Waals surface area contributed by atoms with Gasteiger partial charge in [-0.2, -0.15) is 0 Å². The number of carbonyl (C=O) groups is 1. The van der Waals surface area contributed by atoms with Gasteiger partial charge in [-0.15, -0.1) is 0 Å². The molecule has 1 aromatic carbocycles. The Morgan fingerprint density at radius 1 is 1.44 bits per heavy atom. The van der Waals surface area contributed by atoms with Crippen LogP contribution >= 0.6 is 0 Å². The highest BCUT2D eigenvalue weighted by molar-refractivity contribution is 5.94. The summed E-state index contributed by atoms with van der Waals surface area (Å²) in [5.74, 6) is -0.526. The first-order chi connectivity index (χ1) is 8.72. The van der Waals surface area contributed by atoms with Crippen molar-refractivity contribution in [3.05, 3.63) is 42.2 Å². The van der Waals surface area contributed by atoms with Crippen molar-refractivity contribution in [2.75, 3.05) is 6.61 Å². The van der Waals surface area contributed by atoms with Crippen LogP contribution in [0.3, 0.4) is 0 Å². The van der Waals surface area contributed by atoms with Crippen LogP contribution in [0, 0.1) is 0 Å². The van der Waals surface area contributed by atoms with E-state index in [1.807, 2.05) is 19.1 Å². The van der Waals surface area contributed by atoms with Gasteiger partial charge in [0, 0.05) is 0 Å². The predicted octanol–water partition coefficient (Wildman–Crippen LogP) is 2.28. The van der Waals surface area contributed by atoms with Crippen molar-refractivity contribution in [1.29, 1.82) is 0 Å². The van der Waals surface area contributed by atoms with Crippen molar-refractivity contribution in [3.63, 3.8) is 0 Å². The second kappa shape index (κ2) is 5.27. The van der Waals surface area contributed by atoms with Gasteiger partial charge in [-0.25, -0.2) is 14.8 Å². The number of aromatic nitrogens is 2. The van der Waals surface area contributed by atoms with Crippen LogP contribution < -0.4 is 4.74 Å². The van der Waals surface area contributed by atoms with Gasteiger partial charge in [-0.3, -0.25) is 0 Å². The highest BCUT2D eigenvalue weighted by Crippen LogP contribution is 2.22. The van der Waals surface area contributed by atoms with E-state index in [-0.39, 0.29) is 5.56 Å². The van der Waals surface area contributed by atoms with Gasteiger partial charge in [-0.05, 0) is 25.1 Å². The number of hydrogen-bond acceptors (Lipinski definition) is 4. The molecule has 2 aromatic rings. The summed E-state index contributed by atoms with van der Waals surface area (Å²) in [7, 11) is 0. The molecule has 0 bridgehead atoms. The molecule has 0 aliphatic rings. The predicted molar refractivity (Wildman–Crippen MR) is 66.8 cm³/mol. The zero-order valence-electron chi connectivity index (χ0n) is 9.83. The smallest absolute Gasteiger partial charge is 0.335 e. The lowest BCUT2D eigenvalue weighted by atomic mass is 10.1. The van der Waals surface area contributed by atoms with Crippen molar-refractivity contribution < 1.29 is 14.6 Å². The minimum absolute atomic E-state index is 0.195. The number of carboxylic acid groups (broad SMARTS) is 1. The van der Waals surface area contributed by atoms with Crippen LogP contribution in [0.5, 0.6) is 5.88 Å². The van der Waals surface area contributed by atoms with Crippen molar-refractivity contribution in [3.8, 4) is 5.88 Å². The highest BCUT2D eigenvalue weighted by Gasteiger charge is 2.08. The summed E-state index contributed by atoms with van der Waals surface area (Å²) in [5, 5.41) is 9.60. The van der Waals surface area contributed by atoms with Gasteiger partial charge >= 0.3 is 5.97 Å². The number of hydrogen-bond donors (Lipinski definition) is 1. The summed E-state index contributed by atoms with van der Waals surface area (Å²) in [6, 6.07) is 4.67. The van der Waals surface area contributed by atoms with E-state index in [0.717, 1.165) is 0 Å². The first-order valence-corrected chi connectivity index (χ1v) is 5.44. The van der Waals surface area contributed by atoms with Crippen molar-refractivity contribution in [2.24, 2.45) is 0 Å². The maximum Gasteiger partial charge on any atom is 0.335 e. The van der Waals surface area contributed by atoms with Gasteiger partial charge in [0.2, 0.25) is 5.88 Å². The molecule has 5 nitrogen and oxygen atoms in total. The lowest BCUT2D eigenvalue weighted by molar-refractivity contribution is 0.0697. The standard InChI is InChI=1S/C13H12N2O3/c1-2-3-6-18-12-10-5-4-9(13(16)17)7-11(10)14-8-15-12/h2-5,7-8H,6H2,1H3,(H,16,17)/b3-2+. The summed E-state index contributed by atoms with van der Waals surface area (Å²) in [5.41, 5.74) is 0.751. The SMILES string of the molecule is C/C=C/COc1ncnc2cc(C(=O)O)ccc12. The van der Waals surface area contributed by atoms with Crippen LogP contribution in [-0.2, 0) is 0 Å². The number of fused-ring (bicyclic) bond motifs is 1. The topological polar surface area (TPSA) is 72.3 Å². The number of carboxylic acids is 1. The molecule has 0 fully saturated rings. The fourth-order valence-corrected chi connectivity index (χ4v) is 1.50. The van der Waals surface area contributed by atoms with E-state index in [1.54, 1.807) is 6.07 Å². The average molecular weight is 244 g/mol. The number of benzene rings is 1. The van der Waals surface area contributed by atoms with Gasteiger partial charge in [0.1, 0.15) is 12.9 Å². The molecule has 0 saturated carbocycles. The van der Waals surface area contributed by atoms with Crippen molar-refractivity contribution in [1.82, 2.24) is 9.97 Å². The number of allylic oxidation sites excluding steroid dienone is 1. The Morgan fingerprint density at radius 3 is 3.00 bits per heavy atom. The molecule has 0 spiro atoms. The number of rotatable bonds is 4. The molecule has 2 rings (SSSR count). The Morgan fingerprint density at radius 2 is 2.28 bits per heavy atom. The molecule has 1 aromatic heterocycles. The lowest BCUT2D eigenvalue weighted by Crippen LogP contribution is -2.00. The second-order valence-corrected chi connectivity index (χ2v) is 3.60. The maximum absolute atomic E-state index is 10.9. The maximum atomic E-state index is 10.9. The van der Waals surface area contributed by atoms with Crippen LogP contribution in [0.25, 0.3) is 10.9 Å². The fourth-order valence-electron chi connectivity index (χ4n) is 1.50. The average Bonchev–Trinajstić information content (AvgIpc) is 2.38. The third kappa shape index (κ3) is 2.45. The molecular weight excluding hydrogens is 232 g/mol. The number of ether oxygens (including phenoxy) is 1. The van der Waals surface area contributed by atoms with Gasteiger partial charge in [0.15, 0.2) is 0 Å². The van der Waals surface area contributed by atoms with Crippen LogP contribution in [0.4, 0.5) is 0 Å². The Hall–Kier alpha value is -2.43. The van der Waals surface area contributed by atoms with E-state index >= 15 is 0 Å². The van der Waals surface area contributed by atoms with Crippen molar-refractivity contribution >= 4 is 16.9 Å². The van der Waals surface area contributed by atoms with Crippen LogP contribution in [-0.4, -0.2) is 27.7 Å². The summed E-state index contributed by atoms with van der Waals surface area (Å²) in [6.45, 7) is 2.32. The second-order valence-electron chi connectivity index (χ2n) is 3.60. The largest absolute Gasteiger partial charge is 0.478 e. The molecule has 92 valence electrons. The van der Waals surface area contributed by atoms with E-state index in [0.29, 0.717) is 23.4 Å². The summed E-state index contributed by atoms with van der Waals surface area (Å²) < 4.78 is 5.47.